The van der Waals surface area contributed by atoms with Gasteiger partial charge in [0.15, 0.2) is 12.7 Å². The van der Waals surface area contributed by atoms with E-state index in [1.165, 1.54) is 0 Å². The third-order valence-corrected chi connectivity index (χ3v) is 2.37. The Morgan fingerprint density at radius 2 is 2.24 bits per heavy atom. The fourth-order valence-electron chi connectivity index (χ4n) is 1.54. The predicted octanol–water partition coefficient (Wildman–Crippen LogP) is 1.38. The number of hydroxylamine groups is 1. The van der Waals surface area contributed by atoms with Gasteiger partial charge in [-0.1, -0.05) is 5.11 Å². The van der Waals surface area contributed by atoms with Gasteiger partial charge < -0.3 is 0 Å². The van der Waals surface area contributed by atoms with Gasteiger partial charge in [-0.25, -0.2) is 0 Å². The molecule has 1 unspecified atom stereocenters. The lowest BCUT2D eigenvalue weighted by Gasteiger charge is -2.06. The van der Waals surface area contributed by atoms with E-state index >= 15 is 0 Å². The molecule has 0 saturated heterocycles. The van der Waals surface area contributed by atoms with E-state index < -0.39 is 0 Å². The highest BCUT2D eigenvalue weighted by molar-refractivity contribution is 5.74. The summed E-state index contributed by atoms with van der Waals surface area (Å²) in [6.07, 6.45) is 1.70. The first-order valence-corrected chi connectivity index (χ1v) is 5.24. The summed E-state index contributed by atoms with van der Waals surface area (Å²) in [5.74, 6) is 0.669. The standard InChI is InChI=1S/C10H16N6O/c1-11-10(15(2)3)17-16(4)9-8(13-14-16)6-5-7-12-9/h5-7,11H,1-4H3/q+2. The van der Waals surface area contributed by atoms with E-state index in [0.29, 0.717) is 11.8 Å². The molecule has 0 radical (unpaired) electrons. The molecule has 90 valence electrons. The predicted molar refractivity (Wildman–Crippen MR) is 64.6 cm³/mol. The molecule has 0 bridgehead atoms. The number of amides is 2. The Bertz CT molecular complexity index is 483. The van der Waals surface area contributed by atoms with Crippen molar-refractivity contribution < 1.29 is 4.53 Å². The van der Waals surface area contributed by atoms with Crippen LogP contribution in [0.15, 0.2) is 28.7 Å². The lowest BCUT2D eigenvalue weighted by Crippen LogP contribution is -2.39. The molecule has 7 heteroatoms. The fraction of sp³-hybridized carbons (Fsp3) is 0.400. The third kappa shape index (κ3) is 1.96. The third-order valence-electron chi connectivity index (χ3n) is 2.37. The van der Waals surface area contributed by atoms with E-state index in [0.717, 1.165) is 5.69 Å². The summed E-state index contributed by atoms with van der Waals surface area (Å²) in [6.45, 7) is 0. The molecule has 2 heterocycles. The highest BCUT2D eigenvalue weighted by Crippen LogP contribution is 2.39. The van der Waals surface area contributed by atoms with Gasteiger partial charge in [-0.05, 0) is 12.1 Å². The van der Waals surface area contributed by atoms with Crippen LogP contribution in [0, 0.1) is 0 Å². The molecule has 0 aliphatic carbocycles. The van der Waals surface area contributed by atoms with E-state index in [1.807, 2.05) is 31.1 Å². The van der Waals surface area contributed by atoms with Gasteiger partial charge in [0.2, 0.25) is 4.76 Å². The quantitative estimate of drug-likeness (QED) is 0.581. The van der Waals surface area contributed by atoms with Crippen molar-refractivity contribution in [3.05, 3.63) is 18.3 Å². The number of rotatable bonds is 1. The molecule has 1 aromatic heterocycles. The van der Waals surface area contributed by atoms with E-state index in [2.05, 4.69) is 20.6 Å². The van der Waals surface area contributed by atoms with Gasteiger partial charge in [-0.2, -0.15) is 4.98 Å². The first-order chi connectivity index (χ1) is 8.07. The molecule has 2 amide bonds. The molecule has 0 spiro atoms. The van der Waals surface area contributed by atoms with E-state index in [9.17, 15) is 0 Å². The van der Waals surface area contributed by atoms with Crippen molar-refractivity contribution in [3.8, 4) is 0 Å². The van der Waals surface area contributed by atoms with Gasteiger partial charge in [-0.3, -0.25) is 10.2 Å². The molecular formula is C10H16N6O+2. The Morgan fingerprint density at radius 3 is 2.88 bits per heavy atom. The SMILES string of the molecule is CNC(=[O+][N+]1(C)N=Nc2cccnc21)N(C)C. The normalized spacial score (nSPS) is 22.5. The minimum atomic E-state index is -0.148. The number of hydrogen-bond acceptors (Lipinski definition) is 3. The molecular weight excluding hydrogens is 220 g/mol. The number of nitrogens with one attached hydrogen (secondary N) is 1. The van der Waals surface area contributed by atoms with Crippen molar-refractivity contribution in [1.82, 2.24) is 20.0 Å². The van der Waals surface area contributed by atoms with Crippen LogP contribution < -0.4 is 10.1 Å². The lowest BCUT2D eigenvalue weighted by molar-refractivity contribution is -0.368. The molecule has 1 N–H and O–H groups in total. The summed E-state index contributed by atoms with van der Waals surface area (Å²) in [6, 6.07) is 4.26. The molecule has 0 fully saturated rings. The second-order valence-electron chi connectivity index (χ2n) is 3.96. The van der Waals surface area contributed by atoms with Crippen molar-refractivity contribution in [2.75, 3.05) is 28.2 Å². The maximum atomic E-state index is 5.78. The number of urea groups is 1. The lowest BCUT2D eigenvalue weighted by atomic mass is 10.4. The second kappa shape index (κ2) is 4.10. The van der Waals surface area contributed by atoms with E-state index in [1.54, 1.807) is 20.3 Å². The highest BCUT2D eigenvalue weighted by Gasteiger charge is 2.48. The van der Waals surface area contributed by atoms with Crippen molar-refractivity contribution >= 4 is 17.5 Å². The minimum absolute atomic E-state index is 0.148. The fourth-order valence-corrected chi connectivity index (χ4v) is 1.54. The molecule has 2 rings (SSSR count). The van der Waals surface area contributed by atoms with Crippen LogP contribution in [0.25, 0.3) is 0 Å². The Kier molecular flexibility index (Phi) is 2.76. The Hall–Kier alpha value is -2.02. The van der Waals surface area contributed by atoms with Gasteiger partial charge in [0.25, 0.3) is 0 Å². The molecule has 17 heavy (non-hydrogen) atoms. The number of quaternary nitrogens is 1. The van der Waals surface area contributed by atoms with Crippen LogP contribution in [0.3, 0.4) is 0 Å². The number of fused-ring (bicyclic) bond motifs is 1. The zero-order valence-electron chi connectivity index (χ0n) is 10.4. The van der Waals surface area contributed by atoms with Crippen LogP contribution in [-0.4, -0.2) is 44.1 Å². The number of aromatic nitrogens is 1. The van der Waals surface area contributed by atoms with E-state index in [4.69, 9.17) is 4.53 Å². The summed E-state index contributed by atoms with van der Waals surface area (Å²) < 4.78 is 5.63. The van der Waals surface area contributed by atoms with Crippen molar-refractivity contribution in [3.63, 3.8) is 0 Å². The summed E-state index contributed by atoms with van der Waals surface area (Å²) >= 11 is 0. The smallest absolute Gasteiger partial charge is 0.285 e. The van der Waals surface area contributed by atoms with Crippen molar-refractivity contribution in [1.29, 1.82) is 0 Å². The second-order valence-corrected chi connectivity index (χ2v) is 3.96. The summed E-state index contributed by atoms with van der Waals surface area (Å²) in [7, 11) is 7.33. The average Bonchev–Trinajstić information content (AvgIpc) is 2.65. The van der Waals surface area contributed by atoms with Crippen LogP contribution in [-0.2, 0) is 0 Å². The molecule has 1 aliphatic heterocycles. The topological polar surface area (TPSA) is 64.2 Å². The molecule has 1 atom stereocenters. The molecule has 1 aliphatic rings. The van der Waals surface area contributed by atoms with Crippen molar-refractivity contribution in [2.45, 2.75) is 0 Å². The monoisotopic (exact) mass is 236 g/mol. The number of carbonyl (C=O) groups excluding carboxylic acids is 1. The summed E-state index contributed by atoms with van der Waals surface area (Å²) in [5.41, 5.74) is 0.726. The van der Waals surface area contributed by atoms with Gasteiger partial charge in [0.05, 0.1) is 0 Å². The largest absolute Gasteiger partial charge is 0.593 e. The molecule has 7 nitrogen and oxygen atoms in total. The van der Waals surface area contributed by atoms with Gasteiger partial charge in [-0.15, -0.1) is 0 Å². The first-order valence-electron chi connectivity index (χ1n) is 5.24. The van der Waals surface area contributed by atoms with Gasteiger partial charge >= 0.3 is 11.8 Å². The molecule has 0 saturated carbocycles. The molecule has 1 aromatic rings. The van der Waals surface area contributed by atoms with Crippen LogP contribution >= 0.6 is 0 Å². The van der Waals surface area contributed by atoms with E-state index in [-0.39, 0.29) is 4.76 Å². The van der Waals surface area contributed by atoms with Crippen LogP contribution in [0.2, 0.25) is 0 Å². The van der Waals surface area contributed by atoms with Gasteiger partial charge in [0, 0.05) is 31.9 Å². The maximum Gasteiger partial charge on any atom is 0.593 e. The molecule has 0 aromatic carbocycles. The number of nitrogens with zero attached hydrogens (tertiary/aromatic N) is 5. The Morgan fingerprint density at radius 1 is 1.47 bits per heavy atom. The first kappa shape index (κ1) is 11.5. The summed E-state index contributed by atoms with van der Waals surface area (Å²) in [4.78, 5) is 6.08. The number of pyridine rings is 1. The Labute approximate surface area is 99.6 Å². The number of hydrogen-bond donors (Lipinski definition) is 1. The van der Waals surface area contributed by atoms with Crippen LogP contribution in [0.4, 0.5) is 16.0 Å². The minimum Gasteiger partial charge on any atom is -0.285 e. The highest BCUT2D eigenvalue weighted by atomic mass is 16.7. The van der Waals surface area contributed by atoms with Crippen molar-refractivity contribution in [2.24, 2.45) is 10.3 Å². The van der Waals surface area contributed by atoms with Crippen LogP contribution in [0.1, 0.15) is 0 Å². The Balaban J connectivity index is 2.43. The average molecular weight is 236 g/mol. The zero-order chi connectivity index (χ0) is 12.5. The summed E-state index contributed by atoms with van der Waals surface area (Å²) in [5, 5.41) is 11.1. The zero-order valence-corrected chi connectivity index (χ0v) is 10.4. The van der Waals surface area contributed by atoms with Crippen LogP contribution in [0.5, 0.6) is 0 Å². The maximum absolute atomic E-state index is 5.78. The van der Waals surface area contributed by atoms with Gasteiger partial charge in [0.1, 0.15) is 5.22 Å².